The van der Waals surface area contributed by atoms with E-state index in [1.165, 1.54) is 44.9 Å². The smallest absolute Gasteiger partial charge is 0.239 e. The molecule has 1 aliphatic heterocycles. The molecule has 1 saturated carbocycles. The van der Waals surface area contributed by atoms with E-state index in [0.717, 1.165) is 19.0 Å². The predicted octanol–water partition coefficient (Wildman–Crippen LogP) is 2.56. The number of carbonyl (C=O) groups is 1. The fourth-order valence-corrected chi connectivity index (χ4v) is 3.35. The fourth-order valence-electron chi connectivity index (χ4n) is 3.35. The summed E-state index contributed by atoms with van der Waals surface area (Å²) in [4.78, 5) is 14.5. The molecule has 3 unspecified atom stereocenters. The standard InChI is InChI=1S/C15H28N2O/c1-12-8-7-9-14(12)16-13(2)15(18)17-10-5-3-4-6-11-17/h12-14,16H,3-11H2,1-2H3. The first-order valence-electron chi connectivity index (χ1n) is 7.73. The van der Waals surface area contributed by atoms with E-state index in [1.807, 2.05) is 6.92 Å². The first-order valence-corrected chi connectivity index (χ1v) is 7.73. The molecule has 2 fully saturated rings. The highest BCUT2D eigenvalue weighted by Gasteiger charge is 2.28. The molecule has 3 atom stereocenters. The number of carbonyl (C=O) groups excluding carboxylic acids is 1. The second-order valence-corrected chi connectivity index (χ2v) is 6.14. The van der Waals surface area contributed by atoms with Crippen molar-refractivity contribution in [2.75, 3.05) is 13.1 Å². The number of amides is 1. The summed E-state index contributed by atoms with van der Waals surface area (Å²) in [6.07, 6.45) is 8.78. The Balaban J connectivity index is 1.83. The Labute approximate surface area is 111 Å². The number of rotatable bonds is 3. The van der Waals surface area contributed by atoms with Gasteiger partial charge in [0.25, 0.3) is 0 Å². The van der Waals surface area contributed by atoms with Gasteiger partial charge in [0.15, 0.2) is 0 Å². The molecule has 18 heavy (non-hydrogen) atoms. The van der Waals surface area contributed by atoms with Gasteiger partial charge in [0, 0.05) is 19.1 Å². The summed E-state index contributed by atoms with van der Waals surface area (Å²) in [5, 5.41) is 3.55. The zero-order valence-electron chi connectivity index (χ0n) is 12.0. The van der Waals surface area contributed by atoms with Crippen LogP contribution < -0.4 is 5.32 Å². The van der Waals surface area contributed by atoms with Crippen molar-refractivity contribution in [2.45, 2.75) is 70.9 Å². The van der Waals surface area contributed by atoms with Gasteiger partial charge in [-0.2, -0.15) is 0 Å². The molecule has 1 aliphatic carbocycles. The largest absolute Gasteiger partial charge is 0.341 e. The van der Waals surface area contributed by atoms with E-state index in [0.29, 0.717) is 11.9 Å². The quantitative estimate of drug-likeness (QED) is 0.837. The first kappa shape index (κ1) is 13.9. The van der Waals surface area contributed by atoms with Crippen molar-refractivity contribution < 1.29 is 4.79 Å². The molecule has 2 aliphatic rings. The Bertz CT molecular complexity index is 272. The molecule has 0 aromatic carbocycles. The molecule has 1 saturated heterocycles. The number of likely N-dealkylation sites (tertiary alicyclic amines) is 1. The van der Waals surface area contributed by atoms with Crippen LogP contribution >= 0.6 is 0 Å². The van der Waals surface area contributed by atoms with Crippen LogP contribution in [-0.4, -0.2) is 36.0 Å². The van der Waals surface area contributed by atoms with Crippen LogP contribution in [0.15, 0.2) is 0 Å². The van der Waals surface area contributed by atoms with Crippen LogP contribution in [0.25, 0.3) is 0 Å². The maximum atomic E-state index is 12.4. The lowest BCUT2D eigenvalue weighted by Crippen LogP contribution is -2.49. The maximum absolute atomic E-state index is 12.4. The highest BCUT2D eigenvalue weighted by molar-refractivity contribution is 5.81. The summed E-state index contributed by atoms with van der Waals surface area (Å²) in [5.41, 5.74) is 0. The van der Waals surface area contributed by atoms with Crippen LogP contribution in [-0.2, 0) is 4.79 Å². The summed E-state index contributed by atoms with van der Waals surface area (Å²) >= 11 is 0. The van der Waals surface area contributed by atoms with Crippen LogP contribution in [0.3, 0.4) is 0 Å². The highest BCUT2D eigenvalue weighted by atomic mass is 16.2. The van der Waals surface area contributed by atoms with Gasteiger partial charge < -0.3 is 10.2 Å². The van der Waals surface area contributed by atoms with E-state index in [-0.39, 0.29) is 6.04 Å². The van der Waals surface area contributed by atoms with Crippen LogP contribution in [0.5, 0.6) is 0 Å². The lowest BCUT2D eigenvalue weighted by Gasteiger charge is -2.28. The summed E-state index contributed by atoms with van der Waals surface area (Å²) in [6.45, 7) is 6.27. The number of nitrogens with one attached hydrogen (secondary N) is 1. The number of hydrogen-bond acceptors (Lipinski definition) is 2. The fraction of sp³-hybridized carbons (Fsp3) is 0.933. The van der Waals surface area contributed by atoms with Gasteiger partial charge in [0.05, 0.1) is 6.04 Å². The van der Waals surface area contributed by atoms with Gasteiger partial charge >= 0.3 is 0 Å². The molecule has 0 aromatic heterocycles. The lowest BCUT2D eigenvalue weighted by molar-refractivity contribution is -0.133. The molecule has 0 aromatic rings. The van der Waals surface area contributed by atoms with Crippen molar-refractivity contribution in [3.8, 4) is 0 Å². The molecule has 0 radical (unpaired) electrons. The summed E-state index contributed by atoms with van der Waals surface area (Å²) in [7, 11) is 0. The van der Waals surface area contributed by atoms with Crippen LogP contribution in [0.1, 0.15) is 58.8 Å². The molecule has 104 valence electrons. The van der Waals surface area contributed by atoms with Gasteiger partial charge in [0.1, 0.15) is 0 Å². The monoisotopic (exact) mass is 252 g/mol. The number of hydrogen-bond donors (Lipinski definition) is 1. The molecule has 0 spiro atoms. The predicted molar refractivity (Wildman–Crippen MR) is 74.4 cm³/mol. The molecule has 2 rings (SSSR count). The van der Waals surface area contributed by atoms with Crippen molar-refractivity contribution in [2.24, 2.45) is 5.92 Å². The maximum Gasteiger partial charge on any atom is 0.239 e. The van der Waals surface area contributed by atoms with E-state index in [9.17, 15) is 4.79 Å². The Kier molecular flexibility index (Phi) is 5.04. The summed E-state index contributed by atoms with van der Waals surface area (Å²) in [6, 6.07) is 0.546. The molecule has 1 amide bonds. The van der Waals surface area contributed by atoms with Crippen molar-refractivity contribution >= 4 is 5.91 Å². The Morgan fingerprint density at radius 2 is 1.78 bits per heavy atom. The van der Waals surface area contributed by atoms with Gasteiger partial charge in [-0.15, -0.1) is 0 Å². The van der Waals surface area contributed by atoms with Crippen LogP contribution in [0.4, 0.5) is 0 Å². The molecule has 1 N–H and O–H groups in total. The molecule has 0 bridgehead atoms. The van der Waals surface area contributed by atoms with Crippen molar-refractivity contribution in [3.63, 3.8) is 0 Å². The van der Waals surface area contributed by atoms with Crippen LogP contribution in [0.2, 0.25) is 0 Å². The van der Waals surface area contributed by atoms with Gasteiger partial charge in [0.2, 0.25) is 5.91 Å². The Hall–Kier alpha value is -0.570. The third-order valence-corrected chi connectivity index (χ3v) is 4.61. The van der Waals surface area contributed by atoms with Gasteiger partial charge in [-0.1, -0.05) is 26.2 Å². The van der Waals surface area contributed by atoms with Gasteiger partial charge in [-0.3, -0.25) is 4.79 Å². The third-order valence-electron chi connectivity index (χ3n) is 4.61. The average molecular weight is 252 g/mol. The van der Waals surface area contributed by atoms with Gasteiger partial charge in [-0.25, -0.2) is 0 Å². The molecule has 3 nitrogen and oxygen atoms in total. The normalized spacial score (nSPS) is 31.1. The highest BCUT2D eigenvalue weighted by Crippen LogP contribution is 2.25. The zero-order chi connectivity index (χ0) is 13.0. The van der Waals surface area contributed by atoms with E-state index in [4.69, 9.17) is 0 Å². The second kappa shape index (κ2) is 6.55. The SMILES string of the molecule is CC(NC1CCCC1C)C(=O)N1CCCCCC1. The minimum absolute atomic E-state index is 0.00588. The van der Waals surface area contributed by atoms with E-state index >= 15 is 0 Å². The van der Waals surface area contributed by atoms with E-state index in [1.54, 1.807) is 0 Å². The van der Waals surface area contributed by atoms with E-state index in [2.05, 4.69) is 17.1 Å². The minimum Gasteiger partial charge on any atom is -0.341 e. The van der Waals surface area contributed by atoms with Crippen LogP contribution in [0, 0.1) is 5.92 Å². The average Bonchev–Trinajstić information content (AvgIpc) is 2.63. The van der Waals surface area contributed by atoms with Gasteiger partial charge in [-0.05, 0) is 38.5 Å². The minimum atomic E-state index is -0.00588. The topological polar surface area (TPSA) is 32.3 Å². The Morgan fingerprint density at radius 1 is 1.11 bits per heavy atom. The molecular formula is C15H28N2O. The van der Waals surface area contributed by atoms with Crippen molar-refractivity contribution in [3.05, 3.63) is 0 Å². The van der Waals surface area contributed by atoms with Crippen molar-refractivity contribution in [1.82, 2.24) is 10.2 Å². The van der Waals surface area contributed by atoms with E-state index < -0.39 is 0 Å². The molecule has 3 heteroatoms. The third kappa shape index (κ3) is 3.47. The summed E-state index contributed by atoms with van der Waals surface area (Å²) < 4.78 is 0. The Morgan fingerprint density at radius 3 is 2.33 bits per heavy atom. The second-order valence-electron chi connectivity index (χ2n) is 6.14. The zero-order valence-corrected chi connectivity index (χ0v) is 12.0. The van der Waals surface area contributed by atoms with Crippen molar-refractivity contribution in [1.29, 1.82) is 0 Å². The first-order chi connectivity index (χ1) is 8.68. The molecule has 1 heterocycles. The molecular weight excluding hydrogens is 224 g/mol. The lowest BCUT2D eigenvalue weighted by atomic mass is 10.1. The summed E-state index contributed by atoms with van der Waals surface area (Å²) in [5.74, 6) is 1.04. The number of nitrogens with zero attached hydrogens (tertiary/aromatic N) is 1.